The van der Waals surface area contributed by atoms with E-state index >= 15 is 0 Å². The molecule has 0 unspecified atom stereocenters. The Balaban J connectivity index is 1.58. The minimum Gasteiger partial charge on any atom is -0.469 e. The van der Waals surface area contributed by atoms with Gasteiger partial charge in [0, 0.05) is 6.42 Å². The molecule has 4 aliphatic rings. The molecule has 4 aliphatic carbocycles. The van der Waals surface area contributed by atoms with E-state index in [0.717, 1.165) is 51.4 Å². The van der Waals surface area contributed by atoms with Crippen molar-refractivity contribution in [3.63, 3.8) is 0 Å². The van der Waals surface area contributed by atoms with Crippen molar-refractivity contribution in [1.82, 2.24) is 0 Å². The number of aliphatic hydroxyl groups is 3. The van der Waals surface area contributed by atoms with Crippen LogP contribution in [0.1, 0.15) is 78.6 Å². The molecule has 0 bridgehead atoms. The van der Waals surface area contributed by atoms with Gasteiger partial charge in [-0.3, -0.25) is 4.79 Å². The van der Waals surface area contributed by atoms with Gasteiger partial charge in [-0.1, -0.05) is 20.8 Å². The largest absolute Gasteiger partial charge is 0.469 e. The van der Waals surface area contributed by atoms with Crippen LogP contribution in [0.25, 0.3) is 0 Å². The maximum atomic E-state index is 11.7. The normalized spacial score (nSPS) is 51.4. The first kappa shape index (κ1) is 22.5. The number of fused-ring (bicyclic) bond motifs is 5. The van der Waals surface area contributed by atoms with Crippen LogP contribution in [0.15, 0.2) is 0 Å². The van der Waals surface area contributed by atoms with Crippen molar-refractivity contribution in [2.24, 2.45) is 46.3 Å². The van der Waals surface area contributed by atoms with Crippen molar-refractivity contribution in [2.75, 3.05) is 7.11 Å². The highest BCUT2D eigenvalue weighted by Crippen LogP contribution is 2.68. The Morgan fingerprint density at radius 1 is 1.07 bits per heavy atom. The van der Waals surface area contributed by atoms with Gasteiger partial charge in [-0.2, -0.15) is 0 Å². The molecule has 5 heteroatoms. The molecule has 4 fully saturated rings. The maximum Gasteiger partial charge on any atom is 0.305 e. The fourth-order valence-corrected chi connectivity index (χ4v) is 8.78. The molecule has 0 saturated heterocycles. The Labute approximate surface area is 181 Å². The van der Waals surface area contributed by atoms with Gasteiger partial charge in [-0.05, 0) is 97.7 Å². The smallest absolute Gasteiger partial charge is 0.305 e. The second kappa shape index (κ2) is 8.04. The van der Waals surface area contributed by atoms with Crippen LogP contribution in [0.2, 0.25) is 0 Å². The number of ether oxygens (including phenoxy) is 1. The van der Waals surface area contributed by atoms with Crippen molar-refractivity contribution >= 4 is 5.97 Å². The van der Waals surface area contributed by atoms with E-state index < -0.39 is 0 Å². The van der Waals surface area contributed by atoms with Crippen LogP contribution in [-0.2, 0) is 9.53 Å². The van der Waals surface area contributed by atoms with Crippen LogP contribution in [0.4, 0.5) is 0 Å². The predicted molar refractivity (Wildman–Crippen MR) is 114 cm³/mol. The first-order valence-corrected chi connectivity index (χ1v) is 12.2. The van der Waals surface area contributed by atoms with E-state index in [1.54, 1.807) is 0 Å². The Hall–Kier alpha value is -0.650. The third-order valence-corrected chi connectivity index (χ3v) is 10.6. The molecular weight excluding hydrogens is 380 g/mol. The molecule has 0 amide bonds. The van der Waals surface area contributed by atoms with Crippen molar-refractivity contribution in [3.05, 3.63) is 0 Å². The first-order valence-electron chi connectivity index (χ1n) is 12.2. The molecule has 5 nitrogen and oxygen atoms in total. The molecule has 0 aromatic carbocycles. The Kier molecular flexibility index (Phi) is 6.04. The van der Waals surface area contributed by atoms with Crippen LogP contribution in [-0.4, -0.2) is 46.7 Å². The Morgan fingerprint density at radius 3 is 2.50 bits per heavy atom. The van der Waals surface area contributed by atoms with Crippen LogP contribution in [0.3, 0.4) is 0 Å². The summed E-state index contributed by atoms with van der Waals surface area (Å²) in [5.41, 5.74) is -0.0882. The van der Waals surface area contributed by atoms with Gasteiger partial charge >= 0.3 is 5.97 Å². The maximum absolute atomic E-state index is 11.7. The summed E-state index contributed by atoms with van der Waals surface area (Å²) >= 11 is 0. The number of hydrogen-bond acceptors (Lipinski definition) is 5. The fourth-order valence-electron chi connectivity index (χ4n) is 8.78. The van der Waals surface area contributed by atoms with Gasteiger partial charge in [-0.25, -0.2) is 0 Å². The summed E-state index contributed by atoms with van der Waals surface area (Å²) in [4.78, 5) is 11.7. The third-order valence-electron chi connectivity index (χ3n) is 10.6. The van der Waals surface area contributed by atoms with E-state index in [9.17, 15) is 20.1 Å². The highest BCUT2D eigenvalue weighted by Gasteiger charge is 2.65. The molecule has 0 aromatic heterocycles. The monoisotopic (exact) mass is 422 g/mol. The molecule has 4 rings (SSSR count). The SMILES string of the molecule is COC(=O)CC[C@@H](C)[C@H]1CC[C@H]2[C@@H]3[C@H](O)C[C@H]4C[C@@H](O)CC[C@]4(C)[C@H]3C[C@@H](O)[C@]12C. The van der Waals surface area contributed by atoms with Crippen molar-refractivity contribution in [2.45, 2.75) is 96.9 Å². The van der Waals surface area contributed by atoms with Crippen LogP contribution >= 0.6 is 0 Å². The molecule has 0 radical (unpaired) electrons. The molecule has 0 aliphatic heterocycles. The van der Waals surface area contributed by atoms with Gasteiger partial charge < -0.3 is 20.1 Å². The second-order valence-electron chi connectivity index (χ2n) is 11.6. The second-order valence-corrected chi connectivity index (χ2v) is 11.6. The number of carbonyl (C=O) groups excluding carboxylic acids is 1. The van der Waals surface area contributed by atoms with E-state index in [-0.39, 0.29) is 41.0 Å². The van der Waals surface area contributed by atoms with Crippen LogP contribution in [0.5, 0.6) is 0 Å². The third kappa shape index (κ3) is 3.34. The molecular formula is C25H42O5. The zero-order valence-electron chi connectivity index (χ0n) is 19.2. The highest BCUT2D eigenvalue weighted by atomic mass is 16.5. The van der Waals surface area contributed by atoms with Crippen LogP contribution in [0, 0.1) is 46.3 Å². The van der Waals surface area contributed by atoms with E-state index in [0.29, 0.717) is 36.0 Å². The predicted octanol–water partition coefficient (Wildman–Crippen LogP) is 3.54. The van der Waals surface area contributed by atoms with Crippen molar-refractivity contribution < 1.29 is 24.9 Å². The highest BCUT2D eigenvalue weighted by molar-refractivity contribution is 5.69. The number of methoxy groups -OCH3 is 1. The molecule has 172 valence electrons. The lowest BCUT2D eigenvalue weighted by Crippen LogP contribution is -2.62. The number of aliphatic hydroxyl groups excluding tert-OH is 3. The zero-order chi connectivity index (χ0) is 21.8. The van der Waals surface area contributed by atoms with Gasteiger partial charge in [0.1, 0.15) is 0 Å². The summed E-state index contributed by atoms with van der Waals surface area (Å²) in [6, 6.07) is 0. The average Bonchev–Trinajstić information content (AvgIpc) is 3.06. The Morgan fingerprint density at radius 2 is 1.80 bits per heavy atom. The molecule has 4 saturated carbocycles. The molecule has 0 aromatic rings. The number of esters is 1. The Bertz CT molecular complexity index is 651. The van der Waals surface area contributed by atoms with E-state index in [1.807, 2.05) is 0 Å². The van der Waals surface area contributed by atoms with Crippen LogP contribution < -0.4 is 0 Å². The average molecular weight is 423 g/mol. The van der Waals surface area contributed by atoms with E-state index in [1.165, 1.54) is 7.11 Å². The lowest BCUT2D eigenvalue weighted by atomic mass is 9.43. The number of rotatable bonds is 4. The van der Waals surface area contributed by atoms with Gasteiger partial charge in [0.2, 0.25) is 0 Å². The first-order chi connectivity index (χ1) is 14.1. The quantitative estimate of drug-likeness (QED) is 0.603. The van der Waals surface area contributed by atoms with Crippen molar-refractivity contribution in [3.8, 4) is 0 Å². The van der Waals surface area contributed by atoms with Crippen molar-refractivity contribution in [1.29, 1.82) is 0 Å². The van der Waals surface area contributed by atoms with E-state index in [4.69, 9.17) is 4.74 Å². The lowest BCUT2D eigenvalue weighted by Gasteiger charge is -2.63. The summed E-state index contributed by atoms with van der Waals surface area (Å²) in [6.45, 7) is 6.85. The van der Waals surface area contributed by atoms with E-state index in [2.05, 4.69) is 20.8 Å². The van der Waals surface area contributed by atoms with Gasteiger partial charge in [0.15, 0.2) is 0 Å². The minimum absolute atomic E-state index is 0.111. The molecule has 11 atom stereocenters. The fraction of sp³-hybridized carbons (Fsp3) is 0.960. The number of hydrogen-bond donors (Lipinski definition) is 3. The minimum atomic E-state index is -0.369. The molecule has 3 N–H and O–H groups in total. The molecule has 30 heavy (non-hydrogen) atoms. The van der Waals surface area contributed by atoms with Gasteiger partial charge in [0.25, 0.3) is 0 Å². The summed E-state index contributed by atoms with van der Waals surface area (Å²) in [7, 11) is 1.44. The summed E-state index contributed by atoms with van der Waals surface area (Å²) in [6.07, 6.45) is 6.60. The topological polar surface area (TPSA) is 87.0 Å². The summed E-state index contributed by atoms with van der Waals surface area (Å²) in [5, 5.41) is 33.1. The van der Waals surface area contributed by atoms with Gasteiger partial charge in [-0.15, -0.1) is 0 Å². The summed E-state index contributed by atoms with van der Waals surface area (Å²) < 4.78 is 4.83. The lowest BCUT2D eigenvalue weighted by molar-refractivity contribution is -0.207. The molecule has 0 spiro atoms. The standard InChI is InChI=1S/C25H42O5/c1-14(5-8-22(29)30-4)17-6-7-18-23-19(13-21(28)25(17,18)3)24(2)10-9-16(26)11-15(24)12-20(23)27/h14-21,23,26-28H,5-13H2,1-4H3/t14-,15-,16+,17-,18+,19+,20-,21-,23+,24+,25-/m1/s1. The summed E-state index contributed by atoms with van der Waals surface area (Å²) in [5.74, 6) is 1.81. The van der Waals surface area contributed by atoms with Gasteiger partial charge in [0.05, 0.1) is 25.4 Å². The molecule has 0 heterocycles. The number of carbonyl (C=O) groups is 1. The zero-order valence-corrected chi connectivity index (χ0v) is 19.2.